The zero-order valence-corrected chi connectivity index (χ0v) is 12.6. The van der Waals surface area contributed by atoms with E-state index in [-0.39, 0.29) is 7.33 Å². The molecule has 0 aliphatic heterocycles. The van der Waals surface area contributed by atoms with Crippen LogP contribution in [0.1, 0.15) is 32.1 Å². The summed E-state index contributed by atoms with van der Waals surface area (Å²) in [4.78, 5) is 13.2. The average Bonchev–Trinajstić information content (AvgIpc) is 2.50. The second kappa shape index (κ2) is 7.15. The number of thioether (sulfide) groups is 1. The van der Waals surface area contributed by atoms with Crippen molar-refractivity contribution in [2.75, 3.05) is 5.32 Å². The van der Waals surface area contributed by atoms with E-state index in [0.717, 1.165) is 12.1 Å². The van der Waals surface area contributed by atoms with E-state index >= 15 is 0 Å². The second-order valence-corrected chi connectivity index (χ2v) is 6.19. The Kier molecular flexibility index (Phi) is 5.24. The minimum absolute atomic E-state index is 0. The summed E-state index contributed by atoms with van der Waals surface area (Å²) in [7, 11) is 0. The highest BCUT2D eigenvalue weighted by molar-refractivity contribution is 7.99. The first-order valence-corrected chi connectivity index (χ1v) is 7.70. The molecule has 0 saturated carbocycles. The molecule has 1 unspecified atom stereocenters. The molecule has 3 heteroatoms. The van der Waals surface area contributed by atoms with Crippen molar-refractivity contribution in [3.05, 3.63) is 60.2 Å². The standard InChI is InChI=1S/C17H19NOS.H2/c1-3-13(2)20-16-11-9-15(10-12-16)18-17(19)14-7-5-4-6-8-14;/h4-13H,3H2,1-2H3,(H,18,19);1H. The van der Waals surface area contributed by atoms with Gasteiger partial charge in [-0.2, -0.15) is 0 Å². The van der Waals surface area contributed by atoms with E-state index in [0.29, 0.717) is 10.8 Å². The molecule has 0 fully saturated rings. The summed E-state index contributed by atoms with van der Waals surface area (Å²) in [6.45, 7) is 4.40. The fraction of sp³-hybridized carbons (Fsp3) is 0.235. The predicted octanol–water partition coefficient (Wildman–Crippen LogP) is 5.08. The van der Waals surface area contributed by atoms with Crippen LogP contribution in [-0.4, -0.2) is 11.2 Å². The van der Waals surface area contributed by atoms with E-state index in [1.165, 1.54) is 4.90 Å². The Morgan fingerprint density at radius 1 is 1.15 bits per heavy atom. The lowest BCUT2D eigenvalue weighted by Crippen LogP contribution is -2.11. The molecule has 0 aliphatic rings. The van der Waals surface area contributed by atoms with Gasteiger partial charge in [0.25, 0.3) is 5.91 Å². The third-order valence-corrected chi connectivity index (χ3v) is 4.34. The van der Waals surface area contributed by atoms with Gasteiger partial charge in [0.05, 0.1) is 0 Å². The SMILES string of the molecule is CCC(C)Sc1ccc(NC(=O)c2ccccc2)cc1.[HH]. The molecular weight excluding hydrogens is 266 g/mol. The maximum absolute atomic E-state index is 12.0. The largest absolute Gasteiger partial charge is 0.322 e. The molecule has 1 amide bonds. The Morgan fingerprint density at radius 3 is 2.40 bits per heavy atom. The fourth-order valence-corrected chi connectivity index (χ4v) is 2.65. The number of carbonyl (C=O) groups is 1. The Morgan fingerprint density at radius 2 is 1.80 bits per heavy atom. The van der Waals surface area contributed by atoms with Gasteiger partial charge >= 0.3 is 0 Å². The lowest BCUT2D eigenvalue weighted by atomic mass is 10.2. The molecule has 2 aromatic rings. The maximum Gasteiger partial charge on any atom is 0.255 e. The molecule has 1 N–H and O–H groups in total. The molecule has 0 aliphatic carbocycles. The Balaban J connectivity index is 0.00000220. The van der Waals surface area contributed by atoms with Crippen LogP contribution in [0.2, 0.25) is 0 Å². The predicted molar refractivity (Wildman–Crippen MR) is 88.6 cm³/mol. The van der Waals surface area contributed by atoms with Gasteiger partial charge in [0.2, 0.25) is 0 Å². The van der Waals surface area contributed by atoms with Crippen LogP contribution in [0.4, 0.5) is 5.69 Å². The third kappa shape index (κ3) is 4.14. The van der Waals surface area contributed by atoms with E-state index in [4.69, 9.17) is 0 Å². The molecule has 20 heavy (non-hydrogen) atoms. The van der Waals surface area contributed by atoms with Crippen LogP contribution in [0.5, 0.6) is 0 Å². The monoisotopic (exact) mass is 287 g/mol. The minimum Gasteiger partial charge on any atom is -0.322 e. The lowest BCUT2D eigenvalue weighted by molar-refractivity contribution is 0.102. The Hall–Kier alpha value is -1.74. The van der Waals surface area contributed by atoms with Gasteiger partial charge < -0.3 is 5.32 Å². The molecule has 1 atom stereocenters. The lowest BCUT2D eigenvalue weighted by Gasteiger charge is -2.09. The number of carbonyl (C=O) groups excluding carboxylic acids is 1. The first kappa shape index (κ1) is 14.7. The third-order valence-electron chi connectivity index (χ3n) is 3.06. The van der Waals surface area contributed by atoms with Crippen LogP contribution in [-0.2, 0) is 0 Å². The van der Waals surface area contributed by atoms with Gasteiger partial charge in [0.15, 0.2) is 0 Å². The second-order valence-electron chi connectivity index (χ2n) is 4.68. The molecule has 2 rings (SSSR count). The normalized spacial score (nSPS) is 11.9. The molecule has 0 spiro atoms. The van der Waals surface area contributed by atoms with Crippen LogP contribution in [0.3, 0.4) is 0 Å². The summed E-state index contributed by atoms with van der Waals surface area (Å²) in [5.74, 6) is -0.0760. The van der Waals surface area contributed by atoms with Gasteiger partial charge in [0.1, 0.15) is 0 Å². The smallest absolute Gasteiger partial charge is 0.255 e. The van der Waals surface area contributed by atoms with Gasteiger partial charge in [-0.1, -0.05) is 32.0 Å². The quantitative estimate of drug-likeness (QED) is 0.777. The number of anilines is 1. The molecule has 0 saturated heterocycles. The fourth-order valence-electron chi connectivity index (χ4n) is 1.73. The van der Waals surface area contributed by atoms with Crippen molar-refractivity contribution >= 4 is 23.4 Å². The van der Waals surface area contributed by atoms with Crippen LogP contribution >= 0.6 is 11.8 Å². The number of rotatable bonds is 5. The zero-order chi connectivity index (χ0) is 14.4. The molecule has 2 nitrogen and oxygen atoms in total. The molecule has 0 bridgehead atoms. The number of benzene rings is 2. The summed E-state index contributed by atoms with van der Waals surface area (Å²) in [5.41, 5.74) is 1.50. The first-order valence-electron chi connectivity index (χ1n) is 6.82. The van der Waals surface area contributed by atoms with Gasteiger partial charge in [-0.25, -0.2) is 0 Å². The van der Waals surface area contributed by atoms with Crippen LogP contribution < -0.4 is 5.32 Å². The highest BCUT2D eigenvalue weighted by atomic mass is 32.2. The summed E-state index contributed by atoms with van der Waals surface area (Å²) in [6.07, 6.45) is 1.15. The van der Waals surface area contributed by atoms with Gasteiger partial charge in [-0.15, -0.1) is 11.8 Å². The topological polar surface area (TPSA) is 29.1 Å². The van der Waals surface area contributed by atoms with Gasteiger partial charge in [0, 0.05) is 22.8 Å². The molecule has 0 radical (unpaired) electrons. The van der Waals surface area contributed by atoms with Gasteiger partial charge in [-0.3, -0.25) is 4.79 Å². The number of hydrogen-bond donors (Lipinski definition) is 1. The highest BCUT2D eigenvalue weighted by Crippen LogP contribution is 2.26. The van der Waals surface area contributed by atoms with Crippen molar-refractivity contribution < 1.29 is 6.22 Å². The summed E-state index contributed by atoms with van der Waals surface area (Å²) >= 11 is 1.85. The first-order chi connectivity index (χ1) is 9.69. The van der Waals surface area contributed by atoms with Crippen molar-refractivity contribution in [1.29, 1.82) is 0 Å². The van der Waals surface area contributed by atoms with E-state index in [9.17, 15) is 4.79 Å². The van der Waals surface area contributed by atoms with Crippen molar-refractivity contribution in [3.8, 4) is 0 Å². The van der Waals surface area contributed by atoms with Crippen molar-refractivity contribution in [2.24, 2.45) is 0 Å². The average molecular weight is 287 g/mol. The van der Waals surface area contributed by atoms with Crippen LogP contribution in [0, 0.1) is 0 Å². The number of hydrogen-bond acceptors (Lipinski definition) is 2. The maximum atomic E-state index is 12.0. The highest BCUT2D eigenvalue weighted by Gasteiger charge is 2.06. The summed E-state index contributed by atoms with van der Waals surface area (Å²) < 4.78 is 0. The van der Waals surface area contributed by atoms with Gasteiger partial charge in [-0.05, 0) is 42.8 Å². The Bertz CT molecular complexity index is 557. The molecule has 0 aromatic heterocycles. The Labute approximate surface area is 126 Å². The van der Waals surface area contributed by atoms with E-state index < -0.39 is 0 Å². The molecule has 106 valence electrons. The number of amides is 1. The molecular formula is C17H21NOS. The van der Waals surface area contributed by atoms with E-state index in [1.807, 2.05) is 54.2 Å². The number of nitrogens with one attached hydrogen (secondary N) is 1. The van der Waals surface area contributed by atoms with Crippen LogP contribution in [0.25, 0.3) is 0 Å². The van der Waals surface area contributed by atoms with E-state index in [1.54, 1.807) is 0 Å². The van der Waals surface area contributed by atoms with Crippen molar-refractivity contribution in [1.82, 2.24) is 0 Å². The van der Waals surface area contributed by atoms with E-state index in [2.05, 4.69) is 31.3 Å². The molecule has 0 heterocycles. The molecule has 2 aromatic carbocycles. The van der Waals surface area contributed by atoms with Crippen molar-refractivity contribution in [3.63, 3.8) is 0 Å². The minimum atomic E-state index is -0.0760. The van der Waals surface area contributed by atoms with Crippen LogP contribution in [0.15, 0.2) is 59.5 Å². The zero-order valence-electron chi connectivity index (χ0n) is 11.8. The summed E-state index contributed by atoms with van der Waals surface area (Å²) in [6, 6.07) is 17.2. The van der Waals surface area contributed by atoms with Crippen molar-refractivity contribution in [2.45, 2.75) is 30.4 Å². The summed E-state index contributed by atoms with van der Waals surface area (Å²) in [5, 5.41) is 3.52.